The van der Waals surface area contributed by atoms with E-state index in [4.69, 9.17) is 14.2 Å². The van der Waals surface area contributed by atoms with Gasteiger partial charge in [0.05, 0.1) is 13.2 Å². The Balaban J connectivity index is 1.27. The Labute approximate surface area is 188 Å². The number of nitrogens with zero attached hydrogens (tertiary/aromatic N) is 2. The highest BCUT2D eigenvalue weighted by Gasteiger charge is 2.49. The van der Waals surface area contributed by atoms with E-state index in [9.17, 15) is 40.2 Å². The molecule has 0 aliphatic carbocycles. The quantitative estimate of drug-likeness (QED) is 0.182. The molecule has 15 heteroatoms. The zero-order valence-corrected chi connectivity index (χ0v) is 17.6. The molecule has 0 spiro atoms. The summed E-state index contributed by atoms with van der Waals surface area (Å²) in [7, 11) is 0. The minimum Gasteiger partial charge on any atom is -0.394 e. The van der Waals surface area contributed by atoms with Crippen LogP contribution in [0.2, 0.25) is 0 Å². The van der Waals surface area contributed by atoms with Crippen LogP contribution >= 0.6 is 0 Å². The fourth-order valence-electron chi connectivity index (χ4n) is 4.46. The molecule has 4 amide bonds. The smallest absolute Gasteiger partial charge is 0.321 e. The maximum Gasteiger partial charge on any atom is 0.321 e. The number of hydrogen-bond acceptors (Lipinski definition) is 11. The van der Waals surface area contributed by atoms with E-state index in [1.54, 1.807) is 0 Å². The van der Waals surface area contributed by atoms with Gasteiger partial charge in [-0.25, -0.2) is 9.59 Å². The van der Waals surface area contributed by atoms with E-state index in [0.717, 1.165) is 0 Å². The lowest BCUT2D eigenvalue weighted by Crippen LogP contribution is -2.62. The second-order valence-electron chi connectivity index (χ2n) is 8.43. The average Bonchev–Trinajstić information content (AvgIpc) is 3.24. The Bertz CT molecular complexity index is 674. The second-order valence-corrected chi connectivity index (χ2v) is 8.43. The van der Waals surface area contributed by atoms with Crippen LogP contribution in [0, 0.1) is 0 Å². The summed E-state index contributed by atoms with van der Waals surface area (Å²) in [6.07, 6.45) is -10.5. The first-order valence-corrected chi connectivity index (χ1v) is 10.8. The van der Waals surface area contributed by atoms with Crippen LogP contribution in [0.4, 0.5) is 9.59 Å². The first-order chi connectivity index (χ1) is 15.7. The molecule has 0 radical (unpaired) electrons. The lowest BCUT2D eigenvalue weighted by Gasteiger charge is -2.40. The van der Waals surface area contributed by atoms with E-state index in [2.05, 4.69) is 10.6 Å². The normalized spacial score (nSPS) is 44.2. The monoisotopic (exact) mass is 478 g/mol. The summed E-state index contributed by atoms with van der Waals surface area (Å²) in [6.45, 7) is -0.732. The molecule has 33 heavy (non-hydrogen) atoms. The Morgan fingerprint density at radius 1 is 0.758 bits per heavy atom. The minimum atomic E-state index is -1.37. The molecule has 0 aromatic heterocycles. The molecule has 8 N–H and O–H groups in total. The molecule has 4 rings (SSSR count). The number of nitrogens with one attached hydrogen (secondary N) is 2. The molecule has 0 aromatic rings. The van der Waals surface area contributed by atoms with E-state index in [-0.39, 0.29) is 13.1 Å². The maximum atomic E-state index is 12.5. The van der Waals surface area contributed by atoms with Crippen LogP contribution < -0.4 is 10.6 Å². The fraction of sp³-hybridized carbons (Fsp3) is 0.889. The molecule has 0 bridgehead atoms. The van der Waals surface area contributed by atoms with Crippen molar-refractivity contribution in [3.8, 4) is 0 Å². The molecule has 4 aliphatic heterocycles. The molecular formula is C18H30N4O11. The van der Waals surface area contributed by atoms with Crippen molar-refractivity contribution in [2.45, 2.75) is 74.4 Å². The van der Waals surface area contributed by atoms with Crippen LogP contribution in [0.25, 0.3) is 0 Å². The third-order valence-electron chi connectivity index (χ3n) is 6.33. The highest BCUT2D eigenvalue weighted by atomic mass is 16.6. The number of carbonyl (C=O) groups excluding carboxylic acids is 2. The number of carbonyl (C=O) groups is 2. The van der Waals surface area contributed by atoms with Crippen molar-refractivity contribution in [3.63, 3.8) is 0 Å². The lowest BCUT2D eigenvalue weighted by atomic mass is 10.1. The minimum absolute atomic E-state index is 0.137. The zero-order valence-electron chi connectivity index (χ0n) is 17.6. The summed E-state index contributed by atoms with van der Waals surface area (Å²) >= 11 is 0. The third kappa shape index (κ3) is 4.60. The van der Waals surface area contributed by atoms with E-state index < -0.39 is 86.8 Å². The van der Waals surface area contributed by atoms with Gasteiger partial charge in [0, 0.05) is 25.9 Å². The summed E-state index contributed by atoms with van der Waals surface area (Å²) < 4.78 is 16.5. The zero-order chi connectivity index (χ0) is 23.9. The summed E-state index contributed by atoms with van der Waals surface area (Å²) in [5, 5.41) is 63.6. The van der Waals surface area contributed by atoms with Gasteiger partial charge in [-0.2, -0.15) is 0 Å². The molecule has 15 nitrogen and oxygen atoms in total. The fourth-order valence-corrected chi connectivity index (χ4v) is 4.46. The highest BCUT2D eigenvalue weighted by Crippen LogP contribution is 2.28. The number of hydrogen-bond donors (Lipinski definition) is 8. The van der Waals surface area contributed by atoms with Crippen LogP contribution in [0.1, 0.15) is 12.8 Å². The van der Waals surface area contributed by atoms with Gasteiger partial charge in [0.15, 0.2) is 12.5 Å². The SMILES string of the molecule is O=C1NC(OC2CCN(C3OC(CO)C(O)C3O)C(=O)N2)CCN1C1OC(CO)C(O)C1O. The van der Waals surface area contributed by atoms with Gasteiger partial charge in [-0.1, -0.05) is 0 Å². The van der Waals surface area contributed by atoms with Crippen molar-refractivity contribution in [2.75, 3.05) is 26.3 Å². The maximum absolute atomic E-state index is 12.5. The number of aliphatic hydroxyl groups excluding tert-OH is 6. The number of rotatable bonds is 6. The largest absolute Gasteiger partial charge is 0.394 e. The summed E-state index contributed by atoms with van der Waals surface area (Å²) in [5.41, 5.74) is 0. The number of ether oxygens (including phenoxy) is 3. The van der Waals surface area contributed by atoms with E-state index in [0.29, 0.717) is 12.8 Å². The predicted octanol–water partition coefficient (Wildman–Crippen LogP) is -4.64. The van der Waals surface area contributed by atoms with Crippen LogP contribution in [0.15, 0.2) is 0 Å². The molecule has 188 valence electrons. The van der Waals surface area contributed by atoms with Gasteiger partial charge in [0.2, 0.25) is 0 Å². The van der Waals surface area contributed by atoms with Gasteiger partial charge < -0.3 is 55.5 Å². The standard InChI is InChI=1S/C18H30N4O11/c23-5-7-11(25)13(27)15(31-7)21-3-1-9(19-17(21)29)33-10-2-4-22(18(30)20-10)16-14(28)12(26)8(6-24)32-16/h7-16,23-28H,1-6H2,(H,19,29)(H,20,30). The second kappa shape index (κ2) is 9.81. The van der Waals surface area contributed by atoms with E-state index >= 15 is 0 Å². The van der Waals surface area contributed by atoms with Gasteiger partial charge in [-0.15, -0.1) is 0 Å². The molecule has 4 fully saturated rings. The topological polar surface area (TPSA) is 214 Å². The Morgan fingerprint density at radius 3 is 1.45 bits per heavy atom. The summed E-state index contributed by atoms with van der Waals surface area (Å²) in [6, 6.07) is -1.20. The predicted molar refractivity (Wildman–Crippen MR) is 104 cm³/mol. The van der Waals surface area contributed by atoms with E-state index in [1.165, 1.54) is 9.80 Å². The first kappa shape index (κ1) is 24.3. The van der Waals surface area contributed by atoms with Gasteiger partial charge >= 0.3 is 12.1 Å². The Hall–Kier alpha value is -1.82. The summed E-state index contributed by atoms with van der Waals surface area (Å²) in [4.78, 5) is 27.4. The van der Waals surface area contributed by atoms with Crippen LogP contribution in [0.5, 0.6) is 0 Å². The van der Waals surface area contributed by atoms with Gasteiger partial charge in [-0.3, -0.25) is 9.80 Å². The van der Waals surface area contributed by atoms with Gasteiger partial charge in [-0.05, 0) is 0 Å². The molecule has 4 heterocycles. The molecule has 0 aromatic carbocycles. The third-order valence-corrected chi connectivity index (χ3v) is 6.33. The van der Waals surface area contributed by atoms with Crippen molar-refractivity contribution in [1.82, 2.24) is 20.4 Å². The van der Waals surface area contributed by atoms with Crippen molar-refractivity contribution in [1.29, 1.82) is 0 Å². The molecule has 0 saturated carbocycles. The van der Waals surface area contributed by atoms with Crippen LogP contribution in [-0.2, 0) is 14.2 Å². The summed E-state index contributed by atoms with van der Waals surface area (Å²) in [5.74, 6) is 0. The van der Waals surface area contributed by atoms with Gasteiger partial charge in [0.25, 0.3) is 0 Å². The first-order valence-electron chi connectivity index (χ1n) is 10.8. The molecule has 10 atom stereocenters. The number of urea groups is 2. The average molecular weight is 478 g/mol. The lowest BCUT2D eigenvalue weighted by molar-refractivity contribution is -0.118. The van der Waals surface area contributed by atoms with Crippen molar-refractivity contribution in [3.05, 3.63) is 0 Å². The Kier molecular flexibility index (Phi) is 7.23. The molecule has 4 saturated heterocycles. The van der Waals surface area contributed by atoms with Crippen molar-refractivity contribution >= 4 is 12.1 Å². The highest BCUT2D eigenvalue weighted by molar-refractivity contribution is 5.76. The number of amides is 4. The van der Waals surface area contributed by atoms with Crippen LogP contribution in [0.3, 0.4) is 0 Å². The van der Waals surface area contributed by atoms with Crippen molar-refractivity contribution < 1.29 is 54.4 Å². The van der Waals surface area contributed by atoms with Crippen molar-refractivity contribution in [2.24, 2.45) is 0 Å². The molecule has 10 unspecified atom stereocenters. The molecule has 4 aliphatic rings. The number of aliphatic hydroxyl groups is 6. The van der Waals surface area contributed by atoms with E-state index in [1.807, 2.05) is 0 Å². The van der Waals surface area contributed by atoms with Crippen LogP contribution in [-0.4, -0.2) is 140 Å². The molecular weight excluding hydrogens is 448 g/mol. The Morgan fingerprint density at radius 2 is 1.15 bits per heavy atom. The van der Waals surface area contributed by atoms with Gasteiger partial charge in [0.1, 0.15) is 49.1 Å².